The number of carbonyl (C=O) groups is 1. The molecule has 0 bridgehead atoms. The summed E-state index contributed by atoms with van der Waals surface area (Å²) in [5.41, 5.74) is 6.28. The lowest BCUT2D eigenvalue weighted by Gasteiger charge is -2.26. The van der Waals surface area contributed by atoms with Gasteiger partial charge >= 0.3 is 6.18 Å². The van der Waals surface area contributed by atoms with Crippen LogP contribution in [0.5, 0.6) is 0 Å². The molecule has 1 amide bonds. The quantitative estimate of drug-likeness (QED) is 0.428. The lowest BCUT2D eigenvalue weighted by atomic mass is 10.1. The first-order valence-corrected chi connectivity index (χ1v) is 10.1. The monoisotopic (exact) mass is 457 g/mol. The van der Waals surface area contributed by atoms with E-state index in [0.717, 1.165) is 12.1 Å². The average Bonchev–Trinajstić information content (AvgIpc) is 3.13. The molecular weight excluding hydrogens is 439 g/mol. The molecule has 170 valence electrons. The Bertz CT molecular complexity index is 1450. The molecular formula is C22H18F3N5O3. The Labute approximate surface area is 184 Å². The topological polar surface area (TPSA) is 117 Å². The molecule has 0 radical (unpaired) electrons. The van der Waals surface area contributed by atoms with Crippen molar-refractivity contribution in [2.24, 2.45) is 0 Å². The van der Waals surface area contributed by atoms with Crippen LogP contribution in [0, 0.1) is 0 Å². The van der Waals surface area contributed by atoms with Gasteiger partial charge in [0.1, 0.15) is 0 Å². The summed E-state index contributed by atoms with van der Waals surface area (Å²) < 4.78 is 44.2. The molecule has 5 rings (SSSR count). The van der Waals surface area contributed by atoms with Gasteiger partial charge in [-0.15, -0.1) is 0 Å². The average molecular weight is 457 g/mol. The van der Waals surface area contributed by atoms with E-state index in [2.05, 4.69) is 15.0 Å². The van der Waals surface area contributed by atoms with Crippen LogP contribution in [-0.2, 0) is 10.9 Å². The molecule has 2 aromatic heterocycles. The van der Waals surface area contributed by atoms with Gasteiger partial charge in [0.05, 0.1) is 41.2 Å². The molecule has 3 heterocycles. The maximum absolute atomic E-state index is 13.0. The van der Waals surface area contributed by atoms with Gasteiger partial charge in [0, 0.05) is 29.6 Å². The normalized spacial score (nSPS) is 14.8. The Morgan fingerprint density at radius 1 is 1.06 bits per heavy atom. The van der Waals surface area contributed by atoms with Crippen molar-refractivity contribution in [1.82, 2.24) is 19.9 Å². The number of nitrogen functional groups attached to an aromatic ring is 1. The second kappa shape index (κ2) is 7.62. The predicted octanol–water partition coefficient (Wildman–Crippen LogP) is 3.14. The molecule has 0 atom stereocenters. The summed E-state index contributed by atoms with van der Waals surface area (Å²) in [6, 6.07) is 7.92. The van der Waals surface area contributed by atoms with Crippen molar-refractivity contribution in [2.45, 2.75) is 6.18 Å². The zero-order chi connectivity index (χ0) is 23.3. The largest absolute Gasteiger partial charge is 0.416 e. The summed E-state index contributed by atoms with van der Waals surface area (Å²) >= 11 is 0. The van der Waals surface area contributed by atoms with Crippen LogP contribution in [0.3, 0.4) is 0 Å². The van der Waals surface area contributed by atoms with Gasteiger partial charge in [-0.3, -0.25) is 9.59 Å². The number of alkyl halides is 3. The minimum atomic E-state index is -4.54. The third-order valence-corrected chi connectivity index (χ3v) is 5.64. The number of fused-ring (bicyclic) bond motifs is 2. The molecule has 1 fully saturated rings. The van der Waals surface area contributed by atoms with E-state index in [0.29, 0.717) is 42.8 Å². The Morgan fingerprint density at radius 3 is 2.55 bits per heavy atom. The number of hydrogen-bond donors (Lipinski definition) is 3. The summed E-state index contributed by atoms with van der Waals surface area (Å²) in [5.74, 6) is -0.149. The van der Waals surface area contributed by atoms with Crippen molar-refractivity contribution in [1.29, 1.82) is 0 Å². The highest BCUT2D eigenvalue weighted by atomic mass is 19.4. The number of benzene rings is 2. The van der Waals surface area contributed by atoms with Gasteiger partial charge < -0.3 is 25.3 Å². The second-order valence-electron chi connectivity index (χ2n) is 7.72. The number of morpholine rings is 1. The Hall–Kier alpha value is -3.86. The summed E-state index contributed by atoms with van der Waals surface area (Å²) in [7, 11) is 0. The third kappa shape index (κ3) is 3.69. The molecule has 0 unspecified atom stereocenters. The number of aromatic amines is 2. The van der Waals surface area contributed by atoms with Crippen molar-refractivity contribution in [2.75, 3.05) is 32.0 Å². The van der Waals surface area contributed by atoms with Gasteiger partial charge in [-0.05, 0) is 36.4 Å². The van der Waals surface area contributed by atoms with Gasteiger partial charge in [-0.2, -0.15) is 13.2 Å². The molecule has 0 aliphatic carbocycles. The molecule has 1 aliphatic heterocycles. The summed E-state index contributed by atoms with van der Waals surface area (Å²) in [6.07, 6.45) is -4.54. The third-order valence-electron chi connectivity index (χ3n) is 5.64. The lowest BCUT2D eigenvalue weighted by Crippen LogP contribution is -2.40. The smallest absolute Gasteiger partial charge is 0.396 e. The number of rotatable bonds is 2. The van der Waals surface area contributed by atoms with E-state index in [1.807, 2.05) is 0 Å². The SMILES string of the molecule is Nc1c(-c2nc3ccc(C(F)(F)F)cc3[nH]c2=O)[nH]c2ccc(C(=O)N3CCOCC3)cc12. The highest BCUT2D eigenvalue weighted by molar-refractivity contribution is 6.04. The molecule has 11 heteroatoms. The number of nitrogens with two attached hydrogens (primary N) is 1. The number of aromatic nitrogens is 3. The van der Waals surface area contributed by atoms with Crippen molar-refractivity contribution < 1.29 is 22.7 Å². The van der Waals surface area contributed by atoms with Crippen LogP contribution in [0.2, 0.25) is 0 Å². The van der Waals surface area contributed by atoms with Crippen molar-refractivity contribution in [3.63, 3.8) is 0 Å². The van der Waals surface area contributed by atoms with Gasteiger partial charge in [0.2, 0.25) is 0 Å². The minimum absolute atomic E-state index is 0.0355. The predicted molar refractivity (Wildman–Crippen MR) is 116 cm³/mol. The van der Waals surface area contributed by atoms with E-state index in [1.54, 1.807) is 23.1 Å². The fraction of sp³-hybridized carbons (Fsp3) is 0.227. The van der Waals surface area contributed by atoms with Crippen LogP contribution in [0.25, 0.3) is 33.3 Å². The van der Waals surface area contributed by atoms with Gasteiger partial charge in [0.15, 0.2) is 5.69 Å². The lowest BCUT2D eigenvalue weighted by molar-refractivity contribution is -0.137. The molecule has 1 saturated heterocycles. The number of amides is 1. The van der Waals surface area contributed by atoms with E-state index < -0.39 is 17.3 Å². The number of nitrogens with one attached hydrogen (secondary N) is 2. The van der Waals surface area contributed by atoms with E-state index in [-0.39, 0.29) is 34.0 Å². The van der Waals surface area contributed by atoms with Gasteiger partial charge in [-0.1, -0.05) is 0 Å². The number of carbonyl (C=O) groups excluding carboxylic acids is 1. The van der Waals surface area contributed by atoms with Crippen LogP contribution < -0.4 is 11.3 Å². The standard InChI is InChI=1S/C22H18F3N5O3/c23-22(24,25)12-2-4-15-16(10-12)29-20(31)19(28-15)18-17(26)13-9-11(1-3-14(13)27-18)21(32)30-5-7-33-8-6-30/h1-4,9-10,27H,5-8,26H2,(H,29,31). The van der Waals surface area contributed by atoms with E-state index in [1.165, 1.54) is 6.07 Å². The van der Waals surface area contributed by atoms with Crippen LogP contribution in [0.1, 0.15) is 15.9 Å². The fourth-order valence-corrected chi connectivity index (χ4v) is 3.91. The summed E-state index contributed by atoms with van der Waals surface area (Å²) in [4.78, 5) is 36.9. The Balaban J connectivity index is 1.57. The molecule has 8 nitrogen and oxygen atoms in total. The van der Waals surface area contributed by atoms with Crippen LogP contribution in [0.4, 0.5) is 18.9 Å². The van der Waals surface area contributed by atoms with Crippen LogP contribution in [-0.4, -0.2) is 52.1 Å². The molecule has 2 aromatic carbocycles. The zero-order valence-corrected chi connectivity index (χ0v) is 17.1. The van der Waals surface area contributed by atoms with Gasteiger partial charge in [0.25, 0.3) is 11.5 Å². The summed E-state index contributed by atoms with van der Waals surface area (Å²) in [6.45, 7) is 1.95. The number of nitrogens with zero attached hydrogens (tertiary/aromatic N) is 2. The molecule has 4 aromatic rings. The van der Waals surface area contributed by atoms with E-state index in [9.17, 15) is 22.8 Å². The summed E-state index contributed by atoms with van der Waals surface area (Å²) in [5, 5.41) is 0.540. The van der Waals surface area contributed by atoms with E-state index >= 15 is 0 Å². The maximum atomic E-state index is 13.0. The van der Waals surface area contributed by atoms with Crippen molar-refractivity contribution >= 4 is 33.5 Å². The minimum Gasteiger partial charge on any atom is -0.396 e. The molecule has 33 heavy (non-hydrogen) atoms. The number of hydrogen-bond acceptors (Lipinski definition) is 5. The first kappa shape index (κ1) is 21.0. The van der Waals surface area contributed by atoms with Crippen molar-refractivity contribution in [3.05, 3.63) is 57.9 Å². The van der Waals surface area contributed by atoms with Gasteiger partial charge in [-0.25, -0.2) is 4.98 Å². The number of anilines is 1. The highest BCUT2D eigenvalue weighted by Crippen LogP contribution is 2.33. The Kier molecular flexibility index (Phi) is 4.85. The number of ether oxygens (including phenoxy) is 1. The maximum Gasteiger partial charge on any atom is 0.416 e. The number of halogens is 3. The molecule has 4 N–H and O–H groups in total. The first-order valence-electron chi connectivity index (χ1n) is 10.1. The molecule has 1 aliphatic rings. The van der Waals surface area contributed by atoms with Crippen molar-refractivity contribution in [3.8, 4) is 11.4 Å². The van der Waals surface area contributed by atoms with Crippen LogP contribution >= 0.6 is 0 Å². The molecule has 0 spiro atoms. The molecule has 0 saturated carbocycles. The van der Waals surface area contributed by atoms with E-state index in [4.69, 9.17) is 10.5 Å². The van der Waals surface area contributed by atoms with Crippen LogP contribution in [0.15, 0.2) is 41.2 Å². The highest BCUT2D eigenvalue weighted by Gasteiger charge is 2.31. The number of H-pyrrole nitrogens is 2. The first-order chi connectivity index (χ1) is 15.7. The zero-order valence-electron chi connectivity index (χ0n) is 17.1. The second-order valence-corrected chi connectivity index (χ2v) is 7.72. The fourth-order valence-electron chi connectivity index (χ4n) is 3.91. The Morgan fingerprint density at radius 2 is 1.82 bits per heavy atom.